The number of phenols is 1. The molecule has 0 atom stereocenters. The minimum Gasteiger partial charge on any atom is -0.504 e. The highest BCUT2D eigenvalue weighted by Gasteiger charge is 2.36. The lowest BCUT2D eigenvalue weighted by Gasteiger charge is -2.13. The van der Waals surface area contributed by atoms with E-state index in [9.17, 15) is 19.5 Å². The highest BCUT2D eigenvalue weighted by Crippen LogP contribution is 2.36. The van der Waals surface area contributed by atoms with Crippen LogP contribution in [0.15, 0.2) is 45.8 Å². The predicted octanol–water partition coefficient (Wildman–Crippen LogP) is 4.83. The van der Waals surface area contributed by atoms with Crippen LogP contribution in [0.4, 0.5) is 10.5 Å². The molecule has 3 amide bonds. The molecule has 0 bridgehead atoms. The van der Waals surface area contributed by atoms with Crippen molar-refractivity contribution in [1.82, 2.24) is 4.90 Å². The molecule has 0 saturated carbocycles. The van der Waals surface area contributed by atoms with Crippen molar-refractivity contribution in [2.45, 2.75) is 6.92 Å². The molecule has 1 fully saturated rings. The summed E-state index contributed by atoms with van der Waals surface area (Å²) in [5.74, 6) is -0.717. The minimum absolute atomic E-state index is 0.0199. The zero-order valence-electron chi connectivity index (χ0n) is 15.6. The highest BCUT2D eigenvalue weighted by molar-refractivity contribution is 14.1. The first-order valence-corrected chi connectivity index (χ1v) is 11.4. The number of aromatic hydroxyl groups is 1. The van der Waals surface area contributed by atoms with Gasteiger partial charge in [-0.1, -0.05) is 12.1 Å². The van der Waals surface area contributed by atoms with Gasteiger partial charge < -0.3 is 15.2 Å². The van der Waals surface area contributed by atoms with Crippen LogP contribution in [0, 0.1) is 3.57 Å². The van der Waals surface area contributed by atoms with E-state index in [4.69, 9.17) is 4.74 Å². The summed E-state index contributed by atoms with van der Waals surface area (Å²) in [7, 11) is 0. The van der Waals surface area contributed by atoms with Gasteiger partial charge in [0.2, 0.25) is 5.91 Å². The Labute approximate surface area is 199 Å². The highest BCUT2D eigenvalue weighted by atomic mass is 127. The van der Waals surface area contributed by atoms with Gasteiger partial charge in [-0.2, -0.15) is 0 Å². The lowest BCUT2D eigenvalue weighted by molar-refractivity contribution is -0.127. The number of thioether (sulfide) groups is 1. The Balaban J connectivity index is 1.76. The van der Waals surface area contributed by atoms with Crippen molar-refractivity contribution in [1.29, 1.82) is 0 Å². The fourth-order valence-electron chi connectivity index (χ4n) is 2.63. The molecule has 2 aromatic rings. The van der Waals surface area contributed by atoms with Crippen LogP contribution in [0.3, 0.4) is 0 Å². The number of rotatable bonds is 6. The zero-order valence-corrected chi connectivity index (χ0v) is 20.2. The number of nitrogens with one attached hydrogen (secondary N) is 1. The Hall–Kier alpha value is -2.05. The maximum atomic E-state index is 12.7. The van der Waals surface area contributed by atoms with E-state index in [0.717, 1.165) is 16.7 Å². The van der Waals surface area contributed by atoms with Crippen LogP contribution in [0.2, 0.25) is 0 Å². The number of benzene rings is 2. The smallest absolute Gasteiger partial charge is 0.294 e. The Morgan fingerprint density at radius 2 is 2.07 bits per heavy atom. The number of hydrogen-bond donors (Lipinski definition) is 2. The lowest BCUT2D eigenvalue weighted by atomic mass is 10.2. The van der Waals surface area contributed by atoms with Gasteiger partial charge in [-0.05, 0) is 93.1 Å². The van der Waals surface area contributed by atoms with Gasteiger partial charge in [0.25, 0.3) is 11.1 Å². The van der Waals surface area contributed by atoms with Gasteiger partial charge >= 0.3 is 0 Å². The first kappa shape index (κ1) is 22.6. The van der Waals surface area contributed by atoms with Crippen molar-refractivity contribution >= 4 is 79.1 Å². The third-order valence-corrected chi connectivity index (χ3v) is 6.39. The number of para-hydroxylation sites is 1. The molecule has 0 unspecified atom stereocenters. The van der Waals surface area contributed by atoms with Gasteiger partial charge in [0, 0.05) is 4.47 Å². The molecule has 3 rings (SSSR count). The fourth-order valence-corrected chi connectivity index (χ4v) is 4.47. The minimum atomic E-state index is -0.548. The van der Waals surface area contributed by atoms with Gasteiger partial charge in [-0.15, -0.1) is 0 Å². The van der Waals surface area contributed by atoms with E-state index in [0.29, 0.717) is 31.7 Å². The second-order valence-corrected chi connectivity index (χ2v) is 9.09. The Morgan fingerprint density at radius 1 is 1.33 bits per heavy atom. The first-order chi connectivity index (χ1) is 14.3. The van der Waals surface area contributed by atoms with Crippen LogP contribution in [0.5, 0.6) is 11.5 Å². The van der Waals surface area contributed by atoms with Gasteiger partial charge in [0.05, 0.1) is 20.8 Å². The number of carbonyl (C=O) groups is 3. The number of ether oxygens (including phenoxy) is 1. The van der Waals surface area contributed by atoms with Crippen LogP contribution in [0.1, 0.15) is 12.5 Å². The topological polar surface area (TPSA) is 95.9 Å². The standard InChI is InChI=1S/C20H16BrIN2O5S/c1-2-29-15-8-11(7-13(22)18(15)26)9-16-19(27)24(20(28)30-16)10-17(25)23-14-6-4-3-5-12(14)21/h3-9,26H,2,10H2,1H3,(H,23,25)/b16-9+. The second-order valence-electron chi connectivity index (χ2n) is 6.08. The molecular weight excluding hydrogens is 587 g/mol. The summed E-state index contributed by atoms with van der Waals surface area (Å²) in [5.41, 5.74) is 1.15. The number of phenolic OH excluding ortho intramolecular Hbond substituents is 1. The number of halogens is 2. The molecule has 0 radical (unpaired) electrons. The molecule has 10 heteroatoms. The van der Waals surface area contributed by atoms with Crippen molar-refractivity contribution in [2.75, 3.05) is 18.5 Å². The average molecular weight is 603 g/mol. The van der Waals surface area contributed by atoms with Crippen LogP contribution < -0.4 is 10.1 Å². The molecule has 2 aromatic carbocycles. The second kappa shape index (κ2) is 9.84. The summed E-state index contributed by atoms with van der Waals surface area (Å²) in [6, 6.07) is 10.3. The Kier molecular flexibility index (Phi) is 7.42. The van der Waals surface area contributed by atoms with Crippen molar-refractivity contribution in [2.24, 2.45) is 0 Å². The monoisotopic (exact) mass is 602 g/mol. The van der Waals surface area contributed by atoms with E-state index in [2.05, 4.69) is 21.2 Å². The van der Waals surface area contributed by atoms with Crippen LogP contribution in [-0.4, -0.2) is 40.2 Å². The van der Waals surface area contributed by atoms with E-state index in [-0.39, 0.29) is 17.2 Å². The van der Waals surface area contributed by atoms with E-state index < -0.39 is 17.1 Å². The molecule has 1 aliphatic rings. The third kappa shape index (κ3) is 5.16. The number of amides is 3. The summed E-state index contributed by atoms with van der Waals surface area (Å²) in [5, 5.41) is 12.2. The summed E-state index contributed by atoms with van der Waals surface area (Å²) in [6.07, 6.45) is 1.54. The molecular formula is C20H16BrIN2O5S. The van der Waals surface area contributed by atoms with Gasteiger partial charge in [0.1, 0.15) is 6.54 Å². The number of carbonyl (C=O) groups excluding carboxylic acids is 3. The quantitative estimate of drug-likeness (QED) is 0.363. The van der Waals surface area contributed by atoms with E-state index >= 15 is 0 Å². The van der Waals surface area contributed by atoms with Crippen molar-refractivity contribution < 1.29 is 24.2 Å². The molecule has 7 nitrogen and oxygen atoms in total. The normalized spacial score (nSPS) is 15.0. The molecule has 1 saturated heterocycles. The Morgan fingerprint density at radius 3 is 2.77 bits per heavy atom. The molecule has 30 heavy (non-hydrogen) atoms. The fraction of sp³-hybridized carbons (Fsp3) is 0.150. The van der Waals surface area contributed by atoms with Gasteiger partial charge in [0.15, 0.2) is 11.5 Å². The number of anilines is 1. The average Bonchev–Trinajstić information content (AvgIpc) is 2.95. The molecule has 2 N–H and O–H groups in total. The van der Waals surface area contributed by atoms with Crippen molar-refractivity contribution in [3.8, 4) is 11.5 Å². The summed E-state index contributed by atoms with van der Waals surface area (Å²) >= 11 is 6.05. The van der Waals surface area contributed by atoms with Crippen LogP contribution in [-0.2, 0) is 9.59 Å². The SMILES string of the molecule is CCOc1cc(/C=C2/SC(=O)N(CC(=O)Nc3ccccc3Br)C2=O)cc(I)c1O. The summed E-state index contributed by atoms with van der Waals surface area (Å²) in [6.45, 7) is 1.78. The molecule has 0 aliphatic carbocycles. The maximum absolute atomic E-state index is 12.7. The largest absolute Gasteiger partial charge is 0.504 e. The maximum Gasteiger partial charge on any atom is 0.294 e. The third-order valence-electron chi connectivity index (χ3n) is 3.97. The molecule has 1 heterocycles. The summed E-state index contributed by atoms with van der Waals surface area (Å²) in [4.78, 5) is 38.4. The van der Waals surface area contributed by atoms with Crippen molar-refractivity contribution in [3.63, 3.8) is 0 Å². The van der Waals surface area contributed by atoms with Crippen LogP contribution in [0.25, 0.3) is 6.08 Å². The molecule has 156 valence electrons. The number of nitrogens with zero attached hydrogens (tertiary/aromatic N) is 1. The van der Waals surface area contributed by atoms with E-state index in [1.54, 1.807) is 43.3 Å². The molecule has 0 spiro atoms. The number of imide groups is 1. The van der Waals surface area contributed by atoms with Crippen LogP contribution >= 0.6 is 50.3 Å². The molecule has 1 aliphatic heterocycles. The number of hydrogen-bond acceptors (Lipinski definition) is 6. The zero-order chi connectivity index (χ0) is 21.8. The van der Waals surface area contributed by atoms with E-state index in [1.165, 1.54) is 0 Å². The lowest BCUT2D eigenvalue weighted by Crippen LogP contribution is -2.36. The Bertz CT molecular complexity index is 1060. The van der Waals surface area contributed by atoms with E-state index in [1.807, 2.05) is 28.7 Å². The van der Waals surface area contributed by atoms with Gasteiger partial charge in [-0.3, -0.25) is 19.3 Å². The summed E-state index contributed by atoms with van der Waals surface area (Å²) < 4.78 is 6.65. The van der Waals surface area contributed by atoms with Crippen molar-refractivity contribution in [3.05, 3.63) is 54.9 Å². The van der Waals surface area contributed by atoms with Gasteiger partial charge in [-0.25, -0.2) is 0 Å². The molecule has 0 aromatic heterocycles. The predicted molar refractivity (Wildman–Crippen MR) is 127 cm³/mol. The first-order valence-electron chi connectivity index (χ1n) is 8.75.